The Hall–Kier alpha value is -1.68. The first-order valence-corrected chi connectivity index (χ1v) is 8.15. The zero-order valence-electron chi connectivity index (χ0n) is 12.8. The minimum atomic E-state index is -0.103. The van der Waals surface area contributed by atoms with Crippen molar-refractivity contribution in [2.24, 2.45) is 5.92 Å². The van der Waals surface area contributed by atoms with Crippen molar-refractivity contribution in [2.45, 2.75) is 40.2 Å². The highest BCUT2D eigenvalue weighted by atomic mass is 32.1. The second-order valence-corrected chi connectivity index (χ2v) is 6.10. The molecule has 2 aromatic rings. The Kier molecular flexibility index (Phi) is 5.51. The molecule has 0 unspecified atom stereocenters. The lowest BCUT2D eigenvalue weighted by Gasteiger charge is -2.11. The quantitative estimate of drug-likeness (QED) is 0.732. The molecule has 112 valence electrons. The lowest BCUT2D eigenvalue weighted by atomic mass is 10.0. The molecule has 3 nitrogen and oxygen atoms in total. The summed E-state index contributed by atoms with van der Waals surface area (Å²) in [6, 6.07) is 10.1. The number of thiazole rings is 1. The number of carbonyl (C=O) groups excluding carboxylic acids is 1. The second kappa shape index (κ2) is 7.36. The molecule has 0 aliphatic carbocycles. The van der Waals surface area contributed by atoms with Crippen molar-refractivity contribution in [2.75, 3.05) is 0 Å². The van der Waals surface area contributed by atoms with E-state index in [1.807, 2.05) is 51.1 Å². The van der Waals surface area contributed by atoms with Gasteiger partial charge in [0.1, 0.15) is 11.6 Å². The molecule has 0 amide bonds. The van der Waals surface area contributed by atoms with Gasteiger partial charge in [0.15, 0.2) is 0 Å². The van der Waals surface area contributed by atoms with Crippen LogP contribution in [0.2, 0.25) is 0 Å². The van der Waals surface area contributed by atoms with E-state index in [0.29, 0.717) is 6.61 Å². The highest BCUT2D eigenvalue weighted by molar-refractivity contribution is 7.15. The Balaban J connectivity index is 2.05. The van der Waals surface area contributed by atoms with Crippen LogP contribution in [0.25, 0.3) is 10.6 Å². The van der Waals surface area contributed by atoms with Crippen molar-refractivity contribution in [1.29, 1.82) is 0 Å². The predicted octanol–water partition coefficient (Wildman–Crippen LogP) is 4.60. The fourth-order valence-electron chi connectivity index (χ4n) is 2.14. The molecule has 0 radical (unpaired) electrons. The van der Waals surface area contributed by atoms with Crippen LogP contribution in [0.3, 0.4) is 0 Å². The van der Waals surface area contributed by atoms with E-state index < -0.39 is 0 Å². The molecular weight excluding hydrogens is 282 g/mol. The van der Waals surface area contributed by atoms with E-state index in [1.54, 1.807) is 11.3 Å². The maximum atomic E-state index is 11.9. The lowest BCUT2D eigenvalue weighted by Crippen LogP contribution is -2.16. The largest absolute Gasteiger partial charge is 0.460 e. The van der Waals surface area contributed by atoms with Crippen LogP contribution >= 0.6 is 11.3 Å². The van der Waals surface area contributed by atoms with E-state index in [0.717, 1.165) is 34.0 Å². The summed E-state index contributed by atoms with van der Waals surface area (Å²) in [6.07, 6.45) is 1.65. The number of esters is 1. The summed E-state index contributed by atoms with van der Waals surface area (Å²) < 4.78 is 5.43. The average molecular weight is 303 g/mol. The number of rotatable bonds is 6. The smallest absolute Gasteiger partial charge is 0.309 e. The van der Waals surface area contributed by atoms with Gasteiger partial charge in [0, 0.05) is 5.56 Å². The molecule has 0 saturated heterocycles. The van der Waals surface area contributed by atoms with Gasteiger partial charge < -0.3 is 4.74 Å². The van der Waals surface area contributed by atoms with Gasteiger partial charge in [-0.25, -0.2) is 4.98 Å². The SMILES string of the molecule is CCC(CC)C(=O)OCc1sc(-c2ccccc2)nc1C. The van der Waals surface area contributed by atoms with Crippen LogP contribution in [-0.4, -0.2) is 11.0 Å². The summed E-state index contributed by atoms with van der Waals surface area (Å²) in [4.78, 5) is 17.5. The highest BCUT2D eigenvalue weighted by Gasteiger charge is 2.17. The molecule has 0 aliphatic heterocycles. The minimum absolute atomic E-state index is 0.00632. The van der Waals surface area contributed by atoms with Crippen LogP contribution in [0.1, 0.15) is 37.3 Å². The molecular formula is C17H21NO2S. The van der Waals surface area contributed by atoms with Crippen molar-refractivity contribution in [3.63, 3.8) is 0 Å². The maximum Gasteiger partial charge on any atom is 0.309 e. The van der Waals surface area contributed by atoms with E-state index in [9.17, 15) is 4.79 Å². The van der Waals surface area contributed by atoms with Crippen molar-refractivity contribution in [3.05, 3.63) is 40.9 Å². The molecule has 0 bridgehead atoms. The number of aryl methyl sites for hydroxylation is 1. The number of nitrogens with zero attached hydrogens (tertiary/aromatic N) is 1. The molecule has 0 N–H and O–H groups in total. The Labute approximate surface area is 130 Å². The zero-order chi connectivity index (χ0) is 15.2. The molecule has 0 aliphatic rings. The van der Waals surface area contributed by atoms with Gasteiger partial charge in [0.25, 0.3) is 0 Å². The molecule has 0 fully saturated rings. The van der Waals surface area contributed by atoms with Gasteiger partial charge in [-0.05, 0) is 19.8 Å². The Morgan fingerprint density at radius 1 is 1.24 bits per heavy atom. The van der Waals surface area contributed by atoms with E-state index in [4.69, 9.17) is 4.74 Å². The Morgan fingerprint density at radius 2 is 1.90 bits per heavy atom. The first-order chi connectivity index (χ1) is 10.2. The van der Waals surface area contributed by atoms with Crippen LogP contribution in [0.4, 0.5) is 0 Å². The fraction of sp³-hybridized carbons (Fsp3) is 0.412. The molecule has 2 rings (SSSR count). The van der Waals surface area contributed by atoms with Crippen LogP contribution in [-0.2, 0) is 16.1 Å². The van der Waals surface area contributed by atoms with Crippen molar-refractivity contribution < 1.29 is 9.53 Å². The lowest BCUT2D eigenvalue weighted by molar-refractivity contribution is -0.150. The normalized spacial score (nSPS) is 10.9. The Morgan fingerprint density at radius 3 is 2.52 bits per heavy atom. The molecule has 1 aromatic heterocycles. The van der Waals surface area contributed by atoms with Gasteiger partial charge in [-0.15, -0.1) is 11.3 Å². The third-order valence-corrected chi connectivity index (χ3v) is 4.76. The maximum absolute atomic E-state index is 11.9. The molecule has 0 spiro atoms. The van der Waals surface area contributed by atoms with Gasteiger partial charge in [0.2, 0.25) is 0 Å². The van der Waals surface area contributed by atoms with Crippen molar-refractivity contribution in [1.82, 2.24) is 4.98 Å². The van der Waals surface area contributed by atoms with Crippen LogP contribution in [0, 0.1) is 12.8 Å². The summed E-state index contributed by atoms with van der Waals surface area (Å²) in [5.41, 5.74) is 2.04. The molecule has 21 heavy (non-hydrogen) atoms. The fourth-order valence-corrected chi connectivity index (χ4v) is 3.12. The van der Waals surface area contributed by atoms with Crippen molar-refractivity contribution in [3.8, 4) is 10.6 Å². The van der Waals surface area contributed by atoms with E-state index in [2.05, 4.69) is 4.98 Å². The van der Waals surface area contributed by atoms with Gasteiger partial charge in [-0.3, -0.25) is 4.79 Å². The highest BCUT2D eigenvalue weighted by Crippen LogP contribution is 2.28. The number of aromatic nitrogens is 1. The topological polar surface area (TPSA) is 39.2 Å². The number of hydrogen-bond acceptors (Lipinski definition) is 4. The third kappa shape index (κ3) is 3.91. The molecule has 0 atom stereocenters. The minimum Gasteiger partial charge on any atom is -0.460 e. The van der Waals surface area contributed by atoms with Crippen molar-refractivity contribution >= 4 is 17.3 Å². The summed E-state index contributed by atoms with van der Waals surface area (Å²) in [5, 5.41) is 0.974. The van der Waals surface area contributed by atoms with Gasteiger partial charge in [-0.1, -0.05) is 44.2 Å². The number of hydrogen-bond donors (Lipinski definition) is 0. The van der Waals surface area contributed by atoms with E-state index in [-0.39, 0.29) is 11.9 Å². The van der Waals surface area contributed by atoms with Gasteiger partial charge in [0.05, 0.1) is 16.5 Å². The summed E-state index contributed by atoms with van der Waals surface area (Å²) in [5.74, 6) is -0.0964. The summed E-state index contributed by atoms with van der Waals surface area (Å²) in [6.45, 7) is 6.32. The number of benzene rings is 1. The molecule has 1 aromatic carbocycles. The van der Waals surface area contributed by atoms with Crippen LogP contribution < -0.4 is 0 Å². The second-order valence-electron chi connectivity index (χ2n) is 5.01. The molecule has 0 saturated carbocycles. The monoisotopic (exact) mass is 303 g/mol. The van der Waals surface area contributed by atoms with Gasteiger partial charge >= 0.3 is 5.97 Å². The molecule has 4 heteroatoms. The first-order valence-electron chi connectivity index (χ1n) is 7.34. The van der Waals surface area contributed by atoms with Crippen LogP contribution in [0.15, 0.2) is 30.3 Å². The average Bonchev–Trinajstić information content (AvgIpc) is 2.88. The van der Waals surface area contributed by atoms with E-state index >= 15 is 0 Å². The summed E-state index contributed by atoms with van der Waals surface area (Å²) in [7, 11) is 0. The van der Waals surface area contributed by atoms with E-state index in [1.165, 1.54) is 0 Å². The number of carbonyl (C=O) groups is 1. The van der Waals surface area contributed by atoms with Crippen LogP contribution in [0.5, 0.6) is 0 Å². The van der Waals surface area contributed by atoms with Gasteiger partial charge in [-0.2, -0.15) is 0 Å². The number of ether oxygens (including phenoxy) is 1. The first kappa shape index (κ1) is 15.7. The Bertz CT molecular complexity index is 588. The predicted molar refractivity (Wildman–Crippen MR) is 86.2 cm³/mol. The molecule has 1 heterocycles. The zero-order valence-corrected chi connectivity index (χ0v) is 13.6. The third-order valence-electron chi connectivity index (χ3n) is 3.58. The summed E-state index contributed by atoms with van der Waals surface area (Å²) >= 11 is 1.59. The standard InChI is InChI=1S/C17H21NO2S/c1-4-13(5-2)17(19)20-11-15-12(3)18-16(21-15)14-9-7-6-8-10-14/h6-10,13H,4-5,11H2,1-3H3.